The van der Waals surface area contributed by atoms with Crippen molar-refractivity contribution in [3.63, 3.8) is 0 Å². The number of carbonyl (C=O) groups excluding carboxylic acids is 1. The summed E-state index contributed by atoms with van der Waals surface area (Å²) in [5, 5.41) is 5.61. The molecule has 0 unspecified atom stereocenters. The average molecular weight is 312 g/mol. The minimum atomic E-state index is -0.224. The summed E-state index contributed by atoms with van der Waals surface area (Å²) in [4.78, 5) is 11.8. The van der Waals surface area contributed by atoms with Crippen LogP contribution in [0.2, 0.25) is 0 Å². The summed E-state index contributed by atoms with van der Waals surface area (Å²) in [6.07, 6.45) is 0. The van der Waals surface area contributed by atoms with Crippen molar-refractivity contribution in [1.29, 1.82) is 0 Å². The molecule has 2 N–H and O–H groups in total. The van der Waals surface area contributed by atoms with E-state index >= 15 is 0 Å². The van der Waals surface area contributed by atoms with Crippen LogP contribution in [0.1, 0.15) is 30.9 Å². The van der Waals surface area contributed by atoms with Gasteiger partial charge in [-0.25, -0.2) is 4.79 Å². The van der Waals surface area contributed by atoms with Crippen LogP contribution >= 0.6 is 0 Å². The lowest BCUT2D eigenvalue weighted by Gasteiger charge is -2.11. The number of nitrogens with one attached hydrogen (secondary N) is 2. The van der Waals surface area contributed by atoms with Gasteiger partial charge in [0.25, 0.3) is 0 Å². The molecule has 4 nitrogen and oxygen atoms in total. The lowest BCUT2D eigenvalue weighted by Crippen LogP contribution is -2.32. The van der Waals surface area contributed by atoms with E-state index in [0.29, 0.717) is 19.1 Å². The quantitative estimate of drug-likeness (QED) is 0.781. The van der Waals surface area contributed by atoms with Crippen LogP contribution in [-0.4, -0.2) is 19.2 Å². The normalized spacial score (nSPS) is 10.4. The fourth-order valence-corrected chi connectivity index (χ4v) is 2.16. The van der Waals surface area contributed by atoms with Crippen LogP contribution < -0.4 is 15.4 Å². The standard InChI is InChI=1S/C19H24N2O2/c1-14(2)16-8-10-17(11-9-16)23-13-12-20-19(22)21-18-7-5-4-6-15(18)3/h4-11,14H,12-13H2,1-3H3,(H2,20,21,22). The van der Waals surface area contributed by atoms with Gasteiger partial charge in [-0.15, -0.1) is 0 Å². The predicted molar refractivity (Wildman–Crippen MR) is 94.2 cm³/mol. The molecule has 0 aromatic heterocycles. The lowest BCUT2D eigenvalue weighted by molar-refractivity contribution is 0.247. The zero-order chi connectivity index (χ0) is 16.7. The molecule has 0 aliphatic heterocycles. The molecule has 0 saturated carbocycles. The van der Waals surface area contributed by atoms with Crippen molar-refractivity contribution < 1.29 is 9.53 Å². The predicted octanol–water partition coefficient (Wildman–Crippen LogP) is 4.32. The Labute approximate surface area is 137 Å². The van der Waals surface area contributed by atoms with Gasteiger partial charge in [-0.3, -0.25) is 0 Å². The van der Waals surface area contributed by atoms with Crippen molar-refractivity contribution in [3.8, 4) is 5.75 Å². The van der Waals surface area contributed by atoms with Gasteiger partial charge in [0.2, 0.25) is 0 Å². The third kappa shape index (κ3) is 5.33. The van der Waals surface area contributed by atoms with Crippen molar-refractivity contribution in [2.45, 2.75) is 26.7 Å². The Hall–Kier alpha value is -2.49. The van der Waals surface area contributed by atoms with Crippen LogP contribution in [0.4, 0.5) is 10.5 Å². The number of hydrogen-bond acceptors (Lipinski definition) is 2. The second-order valence-corrected chi connectivity index (χ2v) is 5.77. The molecule has 23 heavy (non-hydrogen) atoms. The maximum atomic E-state index is 11.8. The van der Waals surface area contributed by atoms with Crippen LogP contribution in [0.5, 0.6) is 5.75 Å². The number of anilines is 1. The van der Waals surface area contributed by atoms with Gasteiger partial charge in [0.15, 0.2) is 0 Å². The largest absolute Gasteiger partial charge is 0.492 e. The monoisotopic (exact) mass is 312 g/mol. The molecule has 0 radical (unpaired) electrons. The summed E-state index contributed by atoms with van der Waals surface area (Å²) in [6, 6.07) is 15.5. The molecular weight excluding hydrogens is 288 g/mol. The number of carbonyl (C=O) groups is 1. The third-order valence-electron chi connectivity index (χ3n) is 3.60. The van der Waals surface area contributed by atoms with Gasteiger partial charge in [-0.2, -0.15) is 0 Å². The van der Waals surface area contributed by atoms with E-state index in [1.54, 1.807) is 0 Å². The topological polar surface area (TPSA) is 50.4 Å². The molecule has 4 heteroatoms. The molecule has 2 aromatic rings. The molecule has 2 aromatic carbocycles. The van der Waals surface area contributed by atoms with Gasteiger partial charge in [0.05, 0.1) is 6.54 Å². The fourth-order valence-electron chi connectivity index (χ4n) is 2.16. The lowest BCUT2D eigenvalue weighted by atomic mass is 10.0. The van der Waals surface area contributed by atoms with Gasteiger partial charge in [-0.05, 0) is 42.2 Å². The van der Waals surface area contributed by atoms with E-state index in [0.717, 1.165) is 17.0 Å². The first-order valence-corrected chi connectivity index (χ1v) is 7.89. The highest BCUT2D eigenvalue weighted by atomic mass is 16.5. The molecule has 2 amide bonds. The molecule has 0 heterocycles. The van der Waals surface area contributed by atoms with E-state index in [-0.39, 0.29) is 6.03 Å². The summed E-state index contributed by atoms with van der Waals surface area (Å²) in [6.45, 7) is 7.16. The van der Waals surface area contributed by atoms with Crippen LogP contribution in [0.25, 0.3) is 0 Å². The number of benzene rings is 2. The average Bonchev–Trinajstić information content (AvgIpc) is 2.54. The van der Waals surface area contributed by atoms with Crippen LogP contribution in [0, 0.1) is 6.92 Å². The van der Waals surface area contributed by atoms with Gasteiger partial charge < -0.3 is 15.4 Å². The second kappa shape index (κ2) is 8.22. The molecule has 0 aliphatic rings. The number of para-hydroxylation sites is 1. The second-order valence-electron chi connectivity index (χ2n) is 5.77. The highest BCUT2D eigenvalue weighted by Gasteiger charge is 2.03. The fraction of sp³-hybridized carbons (Fsp3) is 0.316. The number of hydrogen-bond donors (Lipinski definition) is 2. The number of rotatable bonds is 6. The first kappa shape index (κ1) is 16.9. The summed E-state index contributed by atoms with van der Waals surface area (Å²) in [5.41, 5.74) is 3.13. The van der Waals surface area contributed by atoms with Gasteiger partial charge in [0, 0.05) is 5.69 Å². The highest BCUT2D eigenvalue weighted by Crippen LogP contribution is 2.18. The Morgan fingerprint density at radius 3 is 2.43 bits per heavy atom. The minimum Gasteiger partial charge on any atom is -0.492 e. The molecule has 0 aliphatic carbocycles. The molecule has 2 rings (SSSR count). The van der Waals surface area contributed by atoms with E-state index in [1.165, 1.54) is 5.56 Å². The molecule has 0 saturated heterocycles. The molecular formula is C19H24N2O2. The molecule has 0 fully saturated rings. The van der Waals surface area contributed by atoms with E-state index in [4.69, 9.17) is 4.74 Å². The first-order chi connectivity index (χ1) is 11.1. The maximum Gasteiger partial charge on any atom is 0.319 e. The SMILES string of the molecule is Cc1ccccc1NC(=O)NCCOc1ccc(C(C)C)cc1. The number of ether oxygens (including phenoxy) is 1. The van der Waals surface area contributed by atoms with Crippen molar-refractivity contribution in [1.82, 2.24) is 5.32 Å². The molecule has 0 spiro atoms. The molecule has 0 bridgehead atoms. The van der Waals surface area contributed by atoms with E-state index in [2.05, 4.69) is 36.6 Å². The summed E-state index contributed by atoms with van der Waals surface area (Å²) < 4.78 is 5.62. The number of urea groups is 1. The maximum absolute atomic E-state index is 11.8. The Balaban J connectivity index is 1.70. The Morgan fingerprint density at radius 2 is 1.78 bits per heavy atom. The van der Waals surface area contributed by atoms with E-state index in [9.17, 15) is 4.79 Å². The Bertz CT molecular complexity index is 636. The van der Waals surface area contributed by atoms with Crippen LogP contribution in [-0.2, 0) is 0 Å². The molecule has 0 atom stereocenters. The van der Waals surface area contributed by atoms with Gasteiger partial charge in [-0.1, -0.05) is 44.2 Å². The van der Waals surface area contributed by atoms with Crippen molar-refractivity contribution >= 4 is 11.7 Å². The highest BCUT2D eigenvalue weighted by molar-refractivity contribution is 5.89. The molecule has 122 valence electrons. The van der Waals surface area contributed by atoms with Gasteiger partial charge in [0.1, 0.15) is 12.4 Å². The van der Waals surface area contributed by atoms with E-state index in [1.807, 2.05) is 43.3 Å². The summed E-state index contributed by atoms with van der Waals surface area (Å²) >= 11 is 0. The van der Waals surface area contributed by atoms with Gasteiger partial charge >= 0.3 is 6.03 Å². The Kier molecular flexibility index (Phi) is 6.03. The number of aryl methyl sites for hydroxylation is 1. The third-order valence-corrected chi connectivity index (χ3v) is 3.60. The number of amides is 2. The van der Waals surface area contributed by atoms with Crippen molar-refractivity contribution in [2.75, 3.05) is 18.5 Å². The summed E-state index contributed by atoms with van der Waals surface area (Å²) in [7, 11) is 0. The Morgan fingerprint density at radius 1 is 1.09 bits per heavy atom. The van der Waals surface area contributed by atoms with Crippen molar-refractivity contribution in [2.24, 2.45) is 0 Å². The smallest absolute Gasteiger partial charge is 0.319 e. The zero-order valence-corrected chi connectivity index (χ0v) is 13.9. The van der Waals surface area contributed by atoms with Crippen molar-refractivity contribution in [3.05, 3.63) is 59.7 Å². The van der Waals surface area contributed by atoms with Crippen LogP contribution in [0.15, 0.2) is 48.5 Å². The van der Waals surface area contributed by atoms with Crippen LogP contribution in [0.3, 0.4) is 0 Å². The summed E-state index contributed by atoms with van der Waals surface area (Å²) in [5.74, 6) is 1.33. The first-order valence-electron chi connectivity index (χ1n) is 7.89. The zero-order valence-electron chi connectivity index (χ0n) is 13.9. The van der Waals surface area contributed by atoms with E-state index < -0.39 is 0 Å². The minimum absolute atomic E-state index is 0.224.